The first kappa shape index (κ1) is 22.1. The number of hydrogen-bond donors (Lipinski definition) is 3. The first-order chi connectivity index (χ1) is 15.2. The zero-order valence-electron chi connectivity index (χ0n) is 17.6. The zero-order chi connectivity index (χ0) is 22.9. The number of nitrogens with one attached hydrogen (secondary N) is 1. The summed E-state index contributed by atoms with van der Waals surface area (Å²) in [5.74, 6) is 0.764. The highest BCUT2D eigenvalue weighted by molar-refractivity contribution is 7.15. The Morgan fingerprint density at radius 1 is 1.28 bits per heavy atom. The molecule has 32 heavy (non-hydrogen) atoms. The van der Waals surface area contributed by atoms with Crippen LogP contribution in [0.1, 0.15) is 30.0 Å². The minimum Gasteiger partial charge on any atom is -0.458 e. The standard InChI is InChI=1S/C24H22ClN3O3S/c1-24(2,30)20-6-5-19(32-20)15-9-16-10-17(31-23(16)18(25)11-15)13-28-22(29)8-4-14-3-7-21(26)27-12-14/h3-12,30H,13H2,1-2H3,(H2,26,27)(H,28,29)/b8-4+. The number of nitrogens with zero attached hydrogens (tertiary/aromatic N) is 1. The number of anilines is 1. The molecule has 3 heterocycles. The number of nitrogen functional groups attached to an aromatic ring is 1. The summed E-state index contributed by atoms with van der Waals surface area (Å²) < 4.78 is 5.84. The van der Waals surface area contributed by atoms with Crippen LogP contribution in [0.4, 0.5) is 5.82 Å². The van der Waals surface area contributed by atoms with Gasteiger partial charge in [0, 0.05) is 27.4 Å². The number of pyridine rings is 1. The number of aliphatic hydroxyl groups is 1. The summed E-state index contributed by atoms with van der Waals surface area (Å²) in [4.78, 5) is 18.0. The fraction of sp³-hybridized carbons (Fsp3) is 0.167. The third-order valence-corrected chi connectivity index (χ3v) is 6.52. The summed E-state index contributed by atoms with van der Waals surface area (Å²) in [6, 6.07) is 13.0. The highest BCUT2D eigenvalue weighted by Gasteiger charge is 2.19. The molecule has 0 radical (unpaired) electrons. The minimum atomic E-state index is -0.892. The lowest BCUT2D eigenvalue weighted by Gasteiger charge is -2.14. The molecule has 0 atom stereocenters. The Kier molecular flexibility index (Phi) is 6.06. The molecule has 6 nitrogen and oxygen atoms in total. The first-order valence-electron chi connectivity index (χ1n) is 9.91. The van der Waals surface area contributed by atoms with E-state index in [1.165, 1.54) is 17.4 Å². The van der Waals surface area contributed by atoms with Crippen molar-refractivity contribution in [1.29, 1.82) is 0 Å². The van der Waals surface area contributed by atoms with Crippen LogP contribution in [0, 0.1) is 0 Å². The number of rotatable bonds is 6. The Bertz CT molecular complexity index is 1300. The number of benzene rings is 1. The quantitative estimate of drug-likeness (QED) is 0.332. The molecule has 0 unspecified atom stereocenters. The van der Waals surface area contributed by atoms with E-state index in [0.717, 1.165) is 26.3 Å². The number of amides is 1. The van der Waals surface area contributed by atoms with Crippen molar-refractivity contribution in [1.82, 2.24) is 10.3 Å². The highest BCUT2D eigenvalue weighted by atomic mass is 35.5. The Morgan fingerprint density at radius 2 is 2.09 bits per heavy atom. The Morgan fingerprint density at radius 3 is 2.78 bits per heavy atom. The van der Waals surface area contributed by atoms with Crippen molar-refractivity contribution < 1.29 is 14.3 Å². The van der Waals surface area contributed by atoms with Crippen molar-refractivity contribution in [2.24, 2.45) is 0 Å². The van der Waals surface area contributed by atoms with E-state index >= 15 is 0 Å². The van der Waals surface area contributed by atoms with Crippen LogP contribution in [0.5, 0.6) is 0 Å². The maximum Gasteiger partial charge on any atom is 0.244 e. The number of carbonyl (C=O) groups is 1. The van der Waals surface area contributed by atoms with Crippen LogP contribution in [0.2, 0.25) is 5.02 Å². The molecule has 3 aromatic heterocycles. The number of halogens is 1. The average molecular weight is 468 g/mol. The number of aromatic nitrogens is 1. The van der Waals surface area contributed by atoms with E-state index in [2.05, 4.69) is 10.3 Å². The number of fused-ring (bicyclic) bond motifs is 1. The summed E-state index contributed by atoms with van der Waals surface area (Å²) in [5, 5.41) is 14.3. The van der Waals surface area contributed by atoms with Crippen LogP contribution in [0.3, 0.4) is 0 Å². The van der Waals surface area contributed by atoms with Crippen LogP contribution >= 0.6 is 22.9 Å². The summed E-state index contributed by atoms with van der Waals surface area (Å²) in [5.41, 5.74) is 6.95. The molecular weight excluding hydrogens is 446 g/mol. The number of hydrogen-bond acceptors (Lipinski definition) is 6. The van der Waals surface area contributed by atoms with Crippen LogP contribution in [-0.2, 0) is 16.9 Å². The molecule has 0 fully saturated rings. The molecule has 0 saturated carbocycles. The molecule has 1 aromatic carbocycles. The molecule has 0 bridgehead atoms. The number of thiophene rings is 1. The van der Waals surface area contributed by atoms with E-state index < -0.39 is 5.60 Å². The third-order valence-electron chi connectivity index (χ3n) is 4.79. The topological polar surface area (TPSA) is 101 Å². The molecular formula is C24H22ClN3O3S. The highest BCUT2D eigenvalue weighted by Crippen LogP contribution is 2.38. The lowest BCUT2D eigenvalue weighted by Crippen LogP contribution is -2.19. The lowest BCUT2D eigenvalue weighted by atomic mass is 10.1. The van der Waals surface area contributed by atoms with E-state index in [0.29, 0.717) is 22.2 Å². The minimum absolute atomic E-state index is 0.228. The van der Waals surface area contributed by atoms with Crippen molar-refractivity contribution in [3.63, 3.8) is 0 Å². The van der Waals surface area contributed by atoms with Crippen LogP contribution < -0.4 is 11.1 Å². The van der Waals surface area contributed by atoms with Gasteiger partial charge in [0.15, 0.2) is 5.58 Å². The molecule has 1 amide bonds. The van der Waals surface area contributed by atoms with Gasteiger partial charge in [-0.3, -0.25) is 4.79 Å². The summed E-state index contributed by atoms with van der Waals surface area (Å²) in [7, 11) is 0. The molecule has 0 aliphatic carbocycles. The SMILES string of the molecule is CC(C)(O)c1ccc(-c2cc(Cl)c3oc(CNC(=O)/C=C/c4ccc(N)nc4)cc3c2)s1. The van der Waals surface area contributed by atoms with Gasteiger partial charge >= 0.3 is 0 Å². The van der Waals surface area contributed by atoms with Gasteiger partial charge in [-0.2, -0.15) is 0 Å². The molecule has 4 N–H and O–H groups in total. The summed E-state index contributed by atoms with van der Waals surface area (Å²) >= 11 is 7.98. The second-order valence-corrected chi connectivity index (χ2v) is 9.37. The van der Waals surface area contributed by atoms with Gasteiger partial charge in [-0.1, -0.05) is 11.6 Å². The molecule has 0 aliphatic heterocycles. The van der Waals surface area contributed by atoms with Gasteiger partial charge in [-0.25, -0.2) is 4.98 Å². The predicted molar refractivity (Wildman–Crippen MR) is 129 cm³/mol. The van der Waals surface area contributed by atoms with Crippen LogP contribution in [0.15, 0.2) is 59.2 Å². The van der Waals surface area contributed by atoms with Gasteiger partial charge in [0.1, 0.15) is 11.6 Å². The lowest BCUT2D eigenvalue weighted by molar-refractivity contribution is -0.116. The molecule has 0 aliphatic rings. The maximum atomic E-state index is 12.1. The average Bonchev–Trinajstić information content (AvgIpc) is 3.39. The fourth-order valence-corrected chi connectivity index (χ4v) is 4.40. The molecule has 0 saturated heterocycles. The van der Waals surface area contributed by atoms with Crippen molar-refractivity contribution in [2.45, 2.75) is 26.0 Å². The zero-order valence-corrected chi connectivity index (χ0v) is 19.1. The number of furan rings is 1. The molecule has 4 rings (SSSR count). The van der Waals surface area contributed by atoms with Crippen LogP contribution in [0.25, 0.3) is 27.5 Å². The Balaban J connectivity index is 1.47. The molecule has 164 valence electrons. The summed E-state index contributed by atoms with van der Waals surface area (Å²) in [6.45, 7) is 3.75. The van der Waals surface area contributed by atoms with Gasteiger partial charge in [0.2, 0.25) is 5.91 Å². The smallest absolute Gasteiger partial charge is 0.244 e. The Hall–Kier alpha value is -3.13. The number of nitrogens with two attached hydrogens (primary N) is 1. The maximum absolute atomic E-state index is 12.1. The molecule has 4 aromatic rings. The molecule has 0 spiro atoms. The molecule has 8 heteroatoms. The van der Waals surface area contributed by atoms with E-state index in [9.17, 15) is 9.90 Å². The second kappa shape index (κ2) is 8.78. The summed E-state index contributed by atoms with van der Waals surface area (Å²) in [6.07, 6.45) is 4.68. The first-order valence-corrected chi connectivity index (χ1v) is 11.1. The van der Waals surface area contributed by atoms with Gasteiger partial charge < -0.3 is 20.6 Å². The largest absolute Gasteiger partial charge is 0.458 e. The predicted octanol–water partition coefficient (Wildman–Crippen LogP) is 5.35. The van der Waals surface area contributed by atoms with Gasteiger partial charge in [-0.05, 0) is 73.5 Å². The van der Waals surface area contributed by atoms with Crippen molar-refractivity contribution in [3.8, 4) is 10.4 Å². The van der Waals surface area contributed by atoms with Crippen molar-refractivity contribution in [3.05, 3.63) is 76.0 Å². The normalized spacial score (nSPS) is 12.0. The van der Waals surface area contributed by atoms with E-state index in [1.807, 2.05) is 30.3 Å². The fourth-order valence-electron chi connectivity index (χ4n) is 3.14. The second-order valence-electron chi connectivity index (χ2n) is 7.88. The van der Waals surface area contributed by atoms with Crippen LogP contribution in [-0.4, -0.2) is 16.0 Å². The van der Waals surface area contributed by atoms with Gasteiger partial charge in [-0.15, -0.1) is 11.3 Å². The Labute approximate surface area is 194 Å². The van der Waals surface area contributed by atoms with Gasteiger partial charge in [0.05, 0.1) is 17.2 Å². The van der Waals surface area contributed by atoms with E-state index in [1.54, 1.807) is 38.3 Å². The monoisotopic (exact) mass is 467 g/mol. The third kappa shape index (κ3) is 5.02. The van der Waals surface area contributed by atoms with Crippen molar-refractivity contribution >= 4 is 51.7 Å². The number of carbonyl (C=O) groups excluding carboxylic acids is 1. The van der Waals surface area contributed by atoms with E-state index in [4.69, 9.17) is 21.8 Å². The van der Waals surface area contributed by atoms with Gasteiger partial charge in [0.25, 0.3) is 0 Å². The van der Waals surface area contributed by atoms with E-state index in [-0.39, 0.29) is 12.5 Å². The van der Waals surface area contributed by atoms with Crippen molar-refractivity contribution in [2.75, 3.05) is 5.73 Å².